The Bertz CT molecular complexity index is 1290. The zero-order chi connectivity index (χ0) is 23.6. The number of benzene rings is 3. The van der Waals surface area contributed by atoms with E-state index in [2.05, 4.69) is 29.1 Å². The predicted molar refractivity (Wildman–Crippen MR) is 130 cm³/mol. The number of rotatable bonds is 6. The highest BCUT2D eigenvalue weighted by atomic mass is 35.5. The molecule has 32 heavy (non-hydrogen) atoms. The van der Waals surface area contributed by atoms with Crippen LogP contribution in [0.4, 0.5) is 5.69 Å². The summed E-state index contributed by atoms with van der Waals surface area (Å²) in [5.41, 5.74) is 6.00. The first-order chi connectivity index (χ1) is 15.0. The van der Waals surface area contributed by atoms with Gasteiger partial charge in [0.2, 0.25) is 0 Å². The van der Waals surface area contributed by atoms with Crippen molar-refractivity contribution in [1.82, 2.24) is 5.32 Å². The van der Waals surface area contributed by atoms with Crippen molar-refractivity contribution in [3.63, 3.8) is 0 Å². The van der Waals surface area contributed by atoms with Crippen LogP contribution in [-0.4, -0.2) is 14.3 Å². The monoisotopic (exact) mass is 470 g/mol. The van der Waals surface area contributed by atoms with Crippen LogP contribution in [0.2, 0.25) is 5.02 Å². The van der Waals surface area contributed by atoms with Gasteiger partial charge in [0.15, 0.2) is 0 Å². The summed E-state index contributed by atoms with van der Waals surface area (Å²) in [5, 5.41) is 3.00. The van der Waals surface area contributed by atoms with Crippen molar-refractivity contribution in [1.29, 1.82) is 0 Å². The van der Waals surface area contributed by atoms with E-state index in [4.69, 9.17) is 11.6 Å². The van der Waals surface area contributed by atoms with Crippen molar-refractivity contribution >= 4 is 33.2 Å². The number of sulfonamides is 1. The summed E-state index contributed by atoms with van der Waals surface area (Å²) < 4.78 is 28.4. The van der Waals surface area contributed by atoms with Crippen molar-refractivity contribution in [2.24, 2.45) is 0 Å². The van der Waals surface area contributed by atoms with Crippen LogP contribution in [0.25, 0.3) is 0 Å². The zero-order valence-electron chi connectivity index (χ0n) is 18.8. The van der Waals surface area contributed by atoms with Crippen molar-refractivity contribution in [3.05, 3.63) is 93.0 Å². The third kappa shape index (κ3) is 5.31. The molecule has 0 aliphatic carbocycles. The van der Waals surface area contributed by atoms with Gasteiger partial charge in [0, 0.05) is 11.3 Å². The van der Waals surface area contributed by atoms with Crippen LogP contribution in [0, 0.1) is 27.7 Å². The van der Waals surface area contributed by atoms with Crippen LogP contribution in [-0.2, 0) is 10.0 Å². The molecule has 0 aromatic heterocycles. The molecule has 168 valence electrons. The van der Waals surface area contributed by atoms with E-state index < -0.39 is 10.0 Å². The van der Waals surface area contributed by atoms with E-state index in [1.165, 1.54) is 23.8 Å². The molecule has 0 bridgehead atoms. The van der Waals surface area contributed by atoms with Gasteiger partial charge in [0.25, 0.3) is 15.9 Å². The van der Waals surface area contributed by atoms with E-state index in [0.717, 1.165) is 22.3 Å². The Morgan fingerprint density at radius 2 is 1.59 bits per heavy atom. The molecule has 3 aromatic rings. The van der Waals surface area contributed by atoms with E-state index >= 15 is 0 Å². The lowest BCUT2D eigenvalue weighted by Crippen LogP contribution is -2.27. The minimum atomic E-state index is -3.98. The second-order valence-corrected chi connectivity index (χ2v) is 10.2. The second-order valence-electron chi connectivity index (χ2n) is 8.11. The molecule has 0 heterocycles. The number of hydrogen-bond donors (Lipinski definition) is 2. The maximum absolute atomic E-state index is 12.9. The van der Waals surface area contributed by atoms with Crippen molar-refractivity contribution in [2.45, 2.75) is 45.6 Å². The number of carbonyl (C=O) groups is 1. The molecule has 0 aliphatic heterocycles. The van der Waals surface area contributed by atoms with E-state index in [1.807, 2.05) is 33.8 Å². The lowest BCUT2D eigenvalue weighted by atomic mass is 9.96. The Labute approximate surface area is 194 Å². The van der Waals surface area contributed by atoms with Gasteiger partial charge in [0.1, 0.15) is 4.90 Å². The standard InChI is InChI=1S/C25H27ClN2O3S/c1-15-7-6-8-21(11-15)28-32(30,31)24-14-20(9-10-23(24)26)25(29)27-19(5)22-13-17(3)16(2)12-18(22)4/h6-14,19,28H,1-5H3,(H,27,29)/t19-/m0/s1. The molecule has 0 radical (unpaired) electrons. The first-order valence-electron chi connectivity index (χ1n) is 10.3. The van der Waals surface area contributed by atoms with Crippen LogP contribution in [0.15, 0.2) is 59.5 Å². The number of carbonyl (C=O) groups excluding carboxylic acids is 1. The summed E-state index contributed by atoms with van der Waals surface area (Å²) in [6, 6.07) is 15.2. The van der Waals surface area contributed by atoms with Crippen LogP contribution in [0.1, 0.15) is 51.1 Å². The first-order valence-corrected chi connectivity index (χ1v) is 12.1. The Kier molecular flexibility index (Phi) is 6.96. The topological polar surface area (TPSA) is 75.3 Å². The highest BCUT2D eigenvalue weighted by Gasteiger charge is 2.22. The number of aryl methyl sites for hydroxylation is 4. The average Bonchev–Trinajstić information content (AvgIpc) is 2.70. The largest absolute Gasteiger partial charge is 0.346 e. The lowest BCUT2D eigenvalue weighted by Gasteiger charge is -2.19. The summed E-state index contributed by atoms with van der Waals surface area (Å²) in [6.45, 7) is 9.87. The predicted octanol–water partition coefficient (Wildman–Crippen LogP) is 5.87. The smallest absolute Gasteiger partial charge is 0.263 e. The minimum absolute atomic E-state index is 0.0414. The third-order valence-electron chi connectivity index (χ3n) is 5.45. The van der Waals surface area contributed by atoms with Gasteiger partial charge < -0.3 is 5.32 Å². The molecule has 0 spiro atoms. The Morgan fingerprint density at radius 3 is 2.28 bits per heavy atom. The fourth-order valence-corrected chi connectivity index (χ4v) is 5.15. The van der Waals surface area contributed by atoms with Gasteiger partial charge in [-0.25, -0.2) is 8.42 Å². The first kappa shape index (κ1) is 23.8. The molecule has 1 amide bonds. The van der Waals surface area contributed by atoms with E-state index in [9.17, 15) is 13.2 Å². The van der Waals surface area contributed by atoms with E-state index in [-0.39, 0.29) is 27.4 Å². The molecular weight excluding hydrogens is 444 g/mol. The van der Waals surface area contributed by atoms with E-state index in [1.54, 1.807) is 18.2 Å². The fraction of sp³-hybridized carbons (Fsp3) is 0.240. The molecule has 3 rings (SSSR count). The molecule has 0 saturated carbocycles. The van der Waals surface area contributed by atoms with E-state index in [0.29, 0.717) is 5.69 Å². The van der Waals surface area contributed by atoms with Crippen molar-refractivity contribution in [3.8, 4) is 0 Å². The maximum atomic E-state index is 12.9. The third-order valence-corrected chi connectivity index (χ3v) is 7.31. The minimum Gasteiger partial charge on any atom is -0.346 e. The van der Waals surface area contributed by atoms with Gasteiger partial charge >= 0.3 is 0 Å². The molecule has 3 aromatic carbocycles. The molecule has 0 fully saturated rings. The summed E-state index contributed by atoms with van der Waals surface area (Å²) in [6.07, 6.45) is 0. The zero-order valence-corrected chi connectivity index (χ0v) is 20.4. The molecule has 2 N–H and O–H groups in total. The van der Waals surface area contributed by atoms with Gasteiger partial charge in [-0.2, -0.15) is 0 Å². The fourth-order valence-electron chi connectivity index (χ4n) is 3.58. The van der Waals surface area contributed by atoms with Gasteiger partial charge in [-0.1, -0.05) is 35.9 Å². The molecule has 7 heteroatoms. The molecule has 1 atom stereocenters. The van der Waals surface area contributed by atoms with Gasteiger partial charge in [-0.3, -0.25) is 9.52 Å². The number of amides is 1. The Balaban J connectivity index is 1.86. The number of halogens is 1. The number of hydrogen-bond acceptors (Lipinski definition) is 3. The van der Waals surface area contributed by atoms with Crippen molar-refractivity contribution < 1.29 is 13.2 Å². The summed E-state index contributed by atoms with van der Waals surface area (Å²) in [5.74, 6) is -0.376. The quantitative estimate of drug-likeness (QED) is 0.473. The number of nitrogens with one attached hydrogen (secondary N) is 2. The van der Waals surface area contributed by atoms with Crippen molar-refractivity contribution in [2.75, 3.05) is 4.72 Å². The summed E-state index contributed by atoms with van der Waals surface area (Å²) >= 11 is 6.19. The van der Waals surface area contributed by atoms with Crippen LogP contribution >= 0.6 is 11.6 Å². The summed E-state index contributed by atoms with van der Waals surface area (Å²) in [7, 11) is -3.98. The molecule has 0 unspecified atom stereocenters. The normalized spacial score (nSPS) is 12.3. The number of anilines is 1. The van der Waals surface area contributed by atoms with Gasteiger partial charge in [-0.05, 0) is 92.8 Å². The molecule has 0 saturated heterocycles. The SMILES string of the molecule is Cc1cccc(NS(=O)(=O)c2cc(C(=O)N[C@@H](C)c3cc(C)c(C)cc3C)ccc2Cl)c1. The van der Waals surface area contributed by atoms with Crippen LogP contribution in [0.5, 0.6) is 0 Å². The van der Waals surface area contributed by atoms with Gasteiger partial charge in [0.05, 0.1) is 11.1 Å². The highest BCUT2D eigenvalue weighted by Crippen LogP contribution is 2.26. The summed E-state index contributed by atoms with van der Waals surface area (Å²) in [4.78, 5) is 12.8. The van der Waals surface area contributed by atoms with Crippen LogP contribution < -0.4 is 10.0 Å². The van der Waals surface area contributed by atoms with Crippen LogP contribution in [0.3, 0.4) is 0 Å². The Hall–Kier alpha value is -2.83. The molecular formula is C25H27ClN2O3S. The second kappa shape index (κ2) is 9.35. The molecule has 5 nitrogen and oxygen atoms in total. The average molecular weight is 471 g/mol. The maximum Gasteiger partial charge on any atom is 0.263 e. The highest BCUT2D eigenvalue weighted by molar-refractivity contribution is 7.92. The molecule has 0 aliphatic rings. The Morgan fingerprint density at radius 1 is 0.906 bits per heavy atom. The lowest BCUT2D eigenvalue weighted by molar-refractivity contribution is 0.0939. The van der Waals surface area contributed by atoms with Gasteiger partial charge in [-0.15, -0.1) is 0 Å².